The summed E-state index contributed by atoms with van der Waals surface area (Å²) in [5.41, 5.74) is 7.08. The Morgan fingerprint density at radius 2 is 1.82 bits per heavy atom. The Kier molecular flexibility index (Phi) is 4.32. The van der Waals surface area contributed by atoms with Crippen LogP contribution in [0.1, 0.15) is 54.0 Å². The second-order valence-corrected chi connectivity index (χ2v) is 7.90. The van der Waals surface area contributed by atoms with E-state index in [2.05, 4.69) is 25.9 Å². The maximum Gasteiger partial charge on any atom is 0.491 e. The van der Waals surface area contributed by atoms with Crippen LogP contribution in [0, 0.1) is 0 Å². The Hall–Kier alpha value is -1.11. The van der Waals surface area contributed by atoms with E-state index in [0.29, 0.717) is 6.54 Å². The predicted molar refractivity (Wildman–Crippen MR) is 90.3 cm³/mol. The van der Waals surface area contributed by atoms with Gasteiger partial charge in [-0.3, -0.25) is 4.68 Å². The second-order valence-electron chi connectivity index (χ2n) is 7.90. The fourth-order valence-corrected chi connectivity index (χ4v) is 2.21. The van der Waals surface area contributed by atoms with Crippen LogP contribution in [0.15, 0.2) is 17.9 Å². The van der Waals surface area contributed by atoms with E-state index >= 15 is 0 Å². The van der Waals surface area contributed by atoms with Gasteiger partial charge >= 0.3 is 7.12 Å². The van der Waals surface area contributed by atoms with Crippen LogP contribution in [0.5, 0.6) is 0 Å². The van der Waals surface area contributed by atoms with Gasteiger partial charge in [0.15, 0.2) is 0 Å². The Labute approximate surface area is 134 Å². The minimum absolute atomic E-state index is 0.0424. The van der Waals surface area contributed by atoms with Crippen molar-refractivity contribution in [3.05, 3.63) is 23.4 Å². The van der Waals surface area contributed by atoms with Crippen molar-refractivity contribution in [2.45, 2.75) is 65.2 Å². The highest BCUT2D eigenvalue weighted by Gasteiger charge is 2.52. The van der Waals surface area contributed by atoms with Crippen LogP contribution >= 0.6 is 0 Å². The van der Waals surface area contributed by atoms with E-state index in [4.69, 9.17) is 15.0 Å². The summed E-state index contributed by atoms with van der Waals surface area (Å²) in [5.74, 6) is 0. The SMILES string of the molecule is CC(C)(C)n1cc(C=C(CN)B2OC(C)(C)C(C)(C)O2)cn1. The quantitative estimate of drug-likeness (QED) is 0.872. The first kappa shape index (κ1) is 17.3. The lowest BCUT2D eigenvalue weighted by molar-refractivity contribution is 0.00578. The standard InChI is InChI=1S/C16H28BN3O2/c1-14(2,3)20-11-12(10-19-20)8-13(9-18)17-21-15(4,5)16(6,7)22-17/h8,10-11H,9,18H2,1-7H3. The molecule has 1 aromatic heterocycles. The van der Waals surface area contributed by atoms with Crippen molar-refractivity contribution in [2.75, 3.05) is 6.54 Å². The molecule has 1 fully saturated rings. The lowest BCUT2D eigenvalue weighted by atomic mass is 9.77. The van der Waals surface area contributed by atoms with Gasteiger partial charge in [-0.05, 0) is 53.9 Å². The summed E-state index contributed by atoms with van der Waals surface area (Å²) in [6, 6.07) is 0. The first-order chi connectivity index (χ1) is 9.96. The lowest BCUT2D eigenvalue weighted by Crippen LogP contribution is -2.41. The molecule has 0 spiro atoms. The molecule has 0 saturated carbocycles. The fourth-order valence-electron chi connectivity index (χ4n) is 2.21. The van der Waals surface area contributed by atoms with Crippen LogP contribution in [0.4, 0.5) is 0 Å². The largest absolute Gasteiger partial charge is 0.491 e. The molecule has 5 nitrogen and oxygen atoms in total. The summed E-state index contributed by atoms with van der Waals surface area (Å²) in [7, 11) is -0.409. The highest BCUT2D eigenvalue weighted by Crippen LogP contribution is 2.38. The van der Waals surface area contributed by atoms with E-state index < -0.39 is 7.12 Å². The van der Waals surface area contributed by atoms with E-state index in [1.807, 2.05) is 50.8 Å². The van der Waals surface area contributed by atoms with Crippen molar-refractivity contribution in [1.29, 1.82) is 0 Å². The molecule has 122 valence electrons. The van der Waals surface area contributed by atoms with Crippen molar-refractivity contribution in [3.63, 3.8) is 0 Å². The molecule has 1 aliphatic heterocycles. The minimum Gasteiger partial charge on any atom is -0.400 e. The molecule has 0 radical (unpaired) electrons. The third-order valence-corrected chi connectivity index (χ3v) is 4.43. The normalized spacial score (nSPS) is 21.5. The number of hydrogen-bond acceptors (Lipinski definition) is 4. The van der Waals surface area contributed by atoms with Crippen LogP contribution in [-0.4, -0.2) is 34.6 Å². The molecule has 0 atom stereocenters. The first-order valence-corrected chi connectivity index (χ1v) is 7.77. The number of aromatic nitrogens is 2. The van der Waals surface area contributed by atoms with Gasteiger partial charge in [0.1, 0.15) is 0 Å². The van der Waals surface area contributed by atoms with Crippen molar-refractivity contribution >= 4 is 13.2 Å². The third kappa shape index (κ3) is 3.29. The molecule has 0 aromatic carbocycles. The van der Waals surface area contributed by atoms with Gasteiger partial charge in [-0.15, -0.1) is 0 Å². The maximum atomic E-state index is 6.07. The Balaban J connectivity index is 2.24. The average molecular weight is 305 g/mol. The summed E-state index contributed by atoms with van der Waals surface area (Å²) < 4.78 is 14.1. The van der Waals surface area contributed by atoms with E-state index in [1.165, 1.54) is 0 Å². The van der Waals surface area contributed by atoms with Gasteiger partial charge in [0, 0.05) is 18.3 Å². The van der Waals surface area contributed by atoms with Crippen molar-refractivity contribution in [2.24, 2.45) is 5.73 Å². The first-order valence-electron chi connectivity index (χ1n) is 7.77. The molecule has 0 aliphatic carbocycles. The Morgan fingerprint density at radius 1 is 1.27 bits per heavy atom. The number of hydrogen-bond donors (Lipinski definition) is 1. The van der Waals surface area contributed by atoms with E-state index in [1.54, 1.807) is 0 Å². The zero-order chi connectivity index (χ0) is 16.8. The predicted octanol–water partition coefficient (Wildman–Crippen LogP) is 2.61. The summed E-state index contributed by atoms with van der Waals surface area (Å²) in [5, 5.41) is 4.41. The summed E-state index contributed by atoms with van der Waals surface area (Å²) >= 11 is 0. The highest BCUT2D eigenvalue weighted by atomic mass is 16.7. The Bertz CT molecular complexity index is 554. The smallest absolute Gasteiger partial charge is 0.400 e. The van der Waals surface area contributed by atoms with Crippen LogP contribution in [0.3, 0.4) is 0 Å². The van der Waals surface area contributed by atoms with Gasteiger partial charge in [0.2, 0.25) is 0 Å². The number of nitrogens with zero attached hydrogens (tertiary/aromatic N) is 2. The molecule has 0 amide bonds. The van der Waals surface area contributed by atoms with Crippen LogP contribution in [0.25, 0.3) is 6.08 Å². The molecule has 2 heterocycles. The van der Waals surface area contributed by atoms with Crippen LogP contribution in [-0.2, 0) is 14.8 Å². The zero-order valence-corrected chi connectivity index (χ0v) is 14.8. The van der Waals surface area contributed by atoms with Crippen LogP contribution in [0.2, 0.25) is 0 Å². The molecule has 6 heteroatoms. The molecular formula is C16H28BN3O2. The minimum atomic E-state index is -0.409. The molecule has 1 aromatic rings. The van der Waals surface area contributed by atoms with Gasteiger partial charge in [-0.2, -0.15) is 5.10 Å². The topological polar surface area (TPSA) is 62.3 Å². The molecular weight excluding hydrogens is 277 g/mol. The van der Waals surface area contributed by atoms with Crippen molar-refractivity contribution < 1.29 is 9.31 Å². The lowest BCUT2D eigenvalue weighted by Gasteiger charge is -2.32. The average Bonchev–Trinajstić information content (AvgIpc) is 2.89. The summed E-state index contributed by atoms with van der Waals surface area (Å²) in [4.78, 5) is 0. The van der Waals surface area contributed by atoms with E-state index in [0.717, 1.165) is 11.0 Å². The van der Waals surface area contributed by atoms with Gasteiger partial charge in [-0.1, -0.05) is 6.08 Å². The van der Waals surface area contributed by atoms with Crippen LogP contribution < -0.4 is 5.73 Å². The van der Waals surface area contributed by atoms with Gasteiger partial charge < -0.3 is 15.0 Å². The highest BCUT2D eigenvalue weighted by molar-refractivity contribution is 6.55. The molecule has 2 N–H and O–H groups in total. The number of nitrogens with two attached hydrogens (primary N) is 1. The van der Waals surface area contributed by atoms with E-state index in [9.17, 15) is 0 Å². The molecule has 2 rings (SSSR count). The molecule has 22 heavy (non-hydrogen) atoms. The third-order valence-electron chi connectivity index (χ3n) is 4.43. The number of rotatable bonds is 3. The van der Waals surface area contributed by atoms with E-state index in [-0.39, 0.29) is 16.7 Å². The van der Waals surface area contributed by atoms with Gasteiger partial charge in [-0.25, -0.2) is 0 Å². The maximum absolute atomic E-state index is 6.07. The second kappa shape index (κ2) is 5.51. The van der Waals surface area contributed by atoms with Gasteiger partial charge in [0.05, 0.1) is 22.9 Å². The van der Waals surface area contributed by atoms with Crippen molar-refractivity contribution in [3.8, 4) is 0 Å². The Morgan fingerprint density at radius 3 is 2.23 bits per heavy atom. The molecule has 0 unspecified atom stereocenters. The fraction of sp³-hybridized carbons (Fsp3) is 0.688. The monoisotopic (exact) mass is 305 g/mol. The molecule has 1 aliphatic rings. The van der Waals surface area contributed by atoms with Crippen molar-refractivity contribution in [1.82, 2.24) is 9.78 Å². The summed E-state index contributed by atoms with van der Waals surface area (Å²) in [6.07, 6.45) is 5.87. The molecule has 0 bridgehead atoms. The zero-order valence-electron chi connectivity index (χ0n) is 14.8. The van der Waals surface area contributed by atoms with Gasteiger partial charge in [0.25, 0.3) is 0 Å². The summed E-state index contributed by atoms with van der Waals surface area (Å²) in [6.45, 7) is 14.9. The molecule has 1 saturated heterocycles.